The Balaban J connectivity index is 1.30. The zero-order valence-electron chi connectivity index (χ0n) is 23.1. The number of nitrogens with zero attached hydrogens (tertiary/aromatic N) is 2. The Bertz CT molecular complexity index is 1230. The van der Waals surface area contributed by atoms with Crippen molar-refractivity contribution in [2.24, 2.45) is 5.92 Å². The highest BCUT2D eigenvalue weighted by molar-refractivity contribution is 7.89. The van der Waals surface area contributed by atoms with Crippen molar-refractivity contribution in [1.29, 1.82) is 0 Å². The molecule has 2 bridgehead atoms. The van der Waals surface area contributed by atoms with Gasteiger partial charge in [0, 0.05) is 54.4 Å². The van der Waals surface area contributed by atoms with Gasteiger partial charge in [-0.05, 0) is 67.7 Å². The number of aromatic nitrogens is 1. The summed E-state index contributed by atoms with van der Waals surface area (Å²) in [6, 6.07) is 9.26. The van der Waals surface area contributed by atoms with Crippen molar-refractivity contribution in [1.82, 2.24) is 25.4 Å². The molecule has 3 aliphatic rings. The fraction of sp³-hybridized carbons (Fsp3) is 0.586. The molecule has 0 spiro atoms. The third kappa shape index (κ3) is 7.21. The molecule has 1 aliphatic carbocycles. The summed E-state index contributed by atoms with van der Waals surface area (Å²) in [5.41, 5.74) is 3.64. The van der Waals surface area contributed by atoms with E-state index in [1.54, 1.807) is 34.6 Å². The molecule has 10 nitrogen and oxygen atoms in total. The second kappa shape index (κ2) is 13.4. The molecule has 2 aliphatic heterocycles. The molecule has 2 aromatic rings. The van der Waals surface area contributed by atoms with Gasteiger partial charge >= 0.3 is 0 Å². The Morgan fingerprint density at radius 1 is 1.07 bits per heavy atom. The molecule has 1 aromatic heterocycles. The summed E-state index contributed by atoms with van der Waals surface area (Å²) < 4.78 is 27.6. The van der Waals surface area contributed by atoms with Crippen molar-refractivity contribution < 1.29 is 23.5 Å². The van der Waals surface area contributed by atoms with E-state index in [1.807, 2.05) is 0 Å². The van der Waals surface area contributed by atoms with Crippen LogP contribution in [0, 0.1) is 5.92 Å². The van der Waals surface area contributed by atoms with E-state index in [9.17, 15) is 23.5 Å². The molecular weight excluding hydrogens is 566 g/mol. The highest BCUT2D eigenvalue weighted by Crippen LogP contribution is 2.33. The lowest BCUT2D eigenvalue weighted by molar-refractivity contribution is -0.127. The molecule has 224 valence electrons. The number of halogens is 1. The van der Waals surface area contributed by atoms with Gasteiger partial charge < -0.3 is 20.9 Å². The van der Waals surface area contributed by atoms with Crippen LogP contribution in [0.25, 0.3) is 0 Å². The highest BCUT2D eigenvalue weighted by Gasteiger charge is 2.39. The number of piperazine rings is 1. The first-order valence-electron chi connectivity index (χ1n) is 14.6. The molecule has 12 heteroatoms. The number of aromatic hydroxyl groups is 1. The van der Waals surface area contributed by atoms with Crippen LogP contribution in [0.4, 0.5) is 0 Å². The minimum atomic E-state index is -3.25. The number of hydroxylamine groups is 1. The predicted molar refractivity (Wildman–Crippen MR) is 156 cm³/mol. The van der Waals surface area contributed by atoms with Gasteiger partial charge in [0.15, 0.2) is 0 Å². The van der Waals surface area contributed by atoms with Gasteiger partial charge in [-0.3, -0.25) is 4.79 Å². The van der Waals surface area contributed by atoms with Crippen LogP contribution in [-0.2, 0) is 14.8 Å². The summed E-state index contributed by atoms with van der Waals surface area (Å²) in [4.78, 5) is 17.7. The van der Waals surface area contributed by atoms with E-state index in [2.05, 4.69) is 21.1 Å². The third-order valence-corrected chi connectivity index (χ3v) is 11.2. The van der Waals surface area contributed by atoms with Gasteiger partial charge in [-0.25, -0.2) is 13.4 Å². The Morgan fingerprint density at radius 2 is 1.83 bits per heavy atom. The summed E-state index contributed by atoms with van der Waals surface area (Å²) >= 11 is 6.11. The molecule has 1 saturated carbocycles. The Morgan fingerprint density at radius 3 is 2.56 bits per heavy atom. The fourth-order valence-corrected chi connectivity index (χ4v) is 8.71. The minimum absolute atomic E-state index is 0.0734. The summed E-state index contributed by atoms with van der Waals surface area (Å²) in [6.45, 7) is 1.20. The highest BCUT2D eigenvalue weighted by atomic mass is 35.5. The Kier molecular flexibility index (Phi) is 9.83. The Labute approximate surface area is 246 Å². The molecule has 3 heterocycles. The molecule has 1 aromatic carbocycles. The van der Waals surface area contributed by atoms with Gasteiger partial charge in [0.1, 0.15) is 6.04 Å². The van der Waals surface area contributed by atoms with Crippen molar-refractivity contribution in [2.75, 3.05) is 18.8 Å². The standard InChI is InChI=1S/C29H40ClN5O5S/c30-22-11-7-20(8-12-22)27(21-10-14-26(36)32-16-21)28(34-38)29(37)33-25-6-2-1-4-19(25)9-13-24-17-31-23-5-3-15-41(39,40)35(24)18-23/h7-8,10-12,14,16,19,23-25,27-28,31,34,38H,1-6,9,13,15,17-18H2,(H,32,36)(H,33,37)/t19-,23-,24+,25+,27+,28+/m1/s1. The summed E-state index contributed by atoms with van der Waals surface area (Å²) in [7, 11) is -3.25. The molecule has 0 radical (unpaired) electrons. The molecule has 5 N–H and O–H groups in total. The predicted octanol–water partition coefficient (Wildman–Crippen LogP) is 3.14. The van der Waals surface area contributed by atoms with Crippen LogP contribution >= 0.6 is 11.6 Å². The summed E-state index contributed by atoms with van der Waals surface area (Å²) in [5.74, 6) is -0.645. The average molecular weight is 606 g/mol. The van der Waals surface area contributed by atoms with Gasteiger partial charge in [0.25, 0.3) is 0 Å². The van der Waals surface area contributed by atoms with E-state index >= 15 is 0 Å². The van der Waals surface area contributed by atoms with E-state index < -0.39 is 22.0 Å². The molecule has 41 heavy (non-hydrogen) atoms. The van der Waals surface area contributed by atoms with Gasteiger partial charge in [-0.1, -0.05) is 42.6 Å². The largest absolute Gasteiger partial charge is 0.493 e. The number of hydrogen-bond acceptors (Lipinski definition) is 8. The van der Waals surface area contributed by atoms with Crippen LogP contribution in [-0.4, -0.2) is 76.9 Å². The van der Waals surface area contributed by atoms with Crippen molar-refractivity contribution in [3.05, 3.63) is 58.7 Å². The van der Waals surface area contributed by atoms with Gasteiger partial charge in [-0.15, -0.1) is 0 Å². The van der Waals surface area contributed by atoms with Crippen LogP contribution in [0.3, 0.4) is 0 Å². The minimum Gasteiger partial charge on any atom is -0.493 e. The number of nitrogens with one attached hydrogen (secondary N) is 3. The number of hydrogen-bond donors (Lipinski definition) is 5. The Hall–Kier alpha value is -2.28. The van der Waals surface area contributed by atoms with E-state index in [0.717, 1.165) is 50.5 Å². The molecule has 7 atom stereocenters. The summed E-state index contributed by atoms with van der Waals surface area (Å²) in [6.07, 6.45) is 8.47. The number of benzene rings is 1. The SMILES string of the molecule is O=C(N[C@H]1CCCC[C@@H]1CC[C@H]1CN[C@@H]2CCCS(=O)(=O)N1C2)[C@@H](NO)[C@@H](c1ccc(Cl)cc1)c1ccc(O)nc1. The van der Waals surface area contributed by atoms with E-state index in [-0.39, 0.29) is 41.6 Å². The third-order valence-electron chi connectivity index (χ3n) is 8.98. The van der Waals surface area contributed by atoms with Crippen molar-refractivity contribution in [2.45, 2.75) is 81.5 Å². The number of pyridine rings is 1. The van der Waals surface area contributed by atoms with Crippen LogP contribution in [0.5, 0.6) is 5.88 Å². The number of sulfonamides is 1. The first-order valence-corrected chi connectivity index (χ1v) is 16.6. The van der Waals surface area contributed by atoms with Crippen LogP contribution < -0.4 is 16.1 Å². The van der Waals surface area contributed by atoms with Crippen molar-refractivity contribution >= 4 is 27.5 Å². The fourth-order valence-electron chi connectivity index (χ4n) is 6.78. The molecule has 3 fully saturated rings. The van der Waals surface area contributed by atoms with Crippen LogP contribution in [0.1, 0.15) is 68.4 Å². The first-order chi connectivity index (χ1) is 19.7. The second-order valence-corrected chi connectivity index (χ2v) is 14.1. The number of fused-ring (bicyclic) bond motifs is 2. The maximum atomic E-state index is 13.8. The lowest BCUT2D eigenvalue weighted by atomic mass is 9.80. The maximum Gasteiger partial charge on any atom is 0.240 e. The zero-order chi connectivity index (χ0) is 29.0. The van der Waals surface area contributed by atoms with Gasteiger partial charge in [0.05, 0.1) is 5.75 Å². The van der Waals surface area contributed by atoms with E-state index in [1.165, 1.54) is 12.3 Å². The normalized spacial score (nSPS) is 29.2. The number of rotatable bonds is 9. The van der Waals surface area contributed by atoms with Crippen molar-refractivity contribution in [3.63, 3.8) is 0 Å². The number of carbonyl (C=O) groups is 1. The smallest absolute Gasteiger partial charge is 0.240 e. The molecule has 5 rings (SSSR count). The van der Waals surface area contributed by atoms with Crippen LogP contribution in [0.2, 0.25) is 5.02 Å². The van der Waals surface area contributed by atoms with Crippen LogP contribution in [0.15, 0.2) is 42.6 Å². The molecule has 1 unspecified atom stereocenters. The lowest BCUT2D eigenvalue weighted by Crippen LogP contribution is -2.57. The summed E-state index contributed by atoms with van der Waals surface area (Å²) in [5, 5.41) is 27.3. The number of carbonyl (C=O) groups excluding carboxylic acids is 1. The first kappa shape index (κ1) is 30.2. The molecule has 1 amide bonds. The van der Waals surface area contributed by atoms with Crippen molar-refractivity contribution in [3.8, 4) is 5.88 Å². The molecular formula is C29H40ClN5O5S. The average Bonchev–Trinajstić information content (AvgIpc) is 3.08. The van der Waals surface area contributed by atoms with Gasteiger partial charge in [-0.2, -0.15) is 9.79 Å². The monoisotopic (exact) mass is 605 g/mol. The lowest BCUT2D eigenvalue weighted by Gasteiger charge is -2.39. The number of amides is 1. The quantitative estimate of drug-likeness (QED) is 0.274. The van der Waals surface area contributed by atoms with E-state index in [4.69, 9.17) is 11.6 Å². The molecule has 2 saturated heterocycles. The zero-order valence-corrected chi connectivity index (χ0v) is 24.7. The van der Waals surface area contributed by atoms with E-state index in [0.29, 0.717) is 30.1 Å². The topological polar surface area (TPSA) is 144 Å². The second-order valence-electron chi connectivity index (χ2n) is 11.6. The maximum absolute atomic E-state index is 13.8. The van der Waals surface area contributed by atoms with Gasteiger partial charge in [0.2, 0.25) is 21.8 Å².